The summed E-state index contributed by atoms with van der Waals surface area (Å²) in [4.78, 5) is 25.3. The number of likely N-dealkylation sites (tertiary alicyclic amines) is 1. The molecule has 3 rings (SSSR count). The summed E-state index contributed by atoms with van der Waals surface area (Å²) in [7, 11) is 0. The van der Waals surface area contributed by atoms with Gasteiger partial charge in [0.05, 0.1) is 13.2 Å². The van der Waals surface area contributed by atoms with Crippen LogP contribution in [0, 0.1) is 5.82 Å². The molecular formula is C19H22FN3O4. The molecule has 1 fully saturated rings. The first-order valence-corrected chi connectivity index (χ1v) is 9.04. The van der Waals surface area contributed by atoms with E-state index >= 15 is 0 Å². The number of piperidine rings is 1. The van der Waals surface area contributed by atoms with Gasteiger partial charge in [-0.05, 0) is 57.1 Å². The van der Waals surface area contributed by atoms with Crippen molar-refractivity contribution < 1.29 is 23.1 Å². The van der Waals surface area contributed by atoms with Gasteiger partial charge >= 0.3 is 5.97 Å². The van der Waals surface area contributed by atoms with Crippen LogP contribution in [0.15, 0.2) is 28.7 Å². The van der Waals surface area contributed by atoms with Gasteiger partial charge in [0.15, 0.2) is 5.78 Å². The lowest BCUT2D eigenvalue weighted by molar-refractivity contribution is -0.145. The van der Waals surface area contributed by atoms with E-state index in [9.17, 15) is 14.0 Å². The Morgan fingerprint density at radius 1 is 1.22 bits per heavy atom. The Balaban J connectivity index is 1.50. The van der Waals surface area contributed by atoms with E-state index in [4.69, 9.17) is 9.15 Å². The molecular weight excluding hydrogens is 353 g/mol. The predicted octanol–water partition coefficient (Wildman–Crippen LogP) is 2.58. The van der Waals surface area contributed by atoms with Crippen molar-refractivity contribution in [1.82, 2.24) is 15.1 Å². The van der Waals surface area contributed by atoms with Crippen LogP contribution in [0.1, 0.15) is 38.0 Å². The zero-order valence-electron chi connectivity index (χ0n) is 15.2. The Hall–Kier alpha value is -2.61. The predicted molar refractivity (Wildman–Crippen MR) is 94.4 cm³/mol. The number of ketones is 1. The second-order valence-electron chi connectivity index (χ2n) is 6.52. The van der Waals surface area contributed by atoms with Crippen LogP contribution in [0.4, 0.5) is 4.39 Å². The standard InChI is InChI=1S/C19H22FN3O4/c1-2-26-17(25)11-16(24)12-23-9-7-14(8-10-23)19-22-21-18(27-19)13-3-5-15(20)6-4-13/h3-6,14H,2,7-12H2,1H3. The van der Waals surface area contributed by atoms with Crippen molar-refractivity contribution in [2.24, 2.45) is 0 Å². The van der Waals surface area contributed by atoms with Crippen molar-refractivity contribution in [3.8, 4) is 11.5 Å². The molecule has 0 unspecified atom stereocenters. The molecule has 1 aliphatic rings. The second kappa shape index (κ2) is 8.85. The maximum atomic E-state index is 13.0. The van der Waals surface area contributed by atoms with Gasteiger partial charge in [0, 0.05) is 11.5 Å². The first kappa shape index (κ1) is 19.2. The molecule has 0 radical (unpaired) electrons. The molecule has 0 atom stereocenters. The highest BCUT2D eigenvalue weighted by Crippen LogP contribution is 2.29. The van der Waals surface area contributed by atoms with Crippen LogP contribution in [-0.2, 0) is 14.3 Å². The van der Waals surface area contributed by atoms with Crippen molar-refractivity contribution >= 4 is 11.8 Å². The lowest BCUT2D eigenvalue weighted by atomic mass is 9.96. The average molecular weight is 375 g/mol. The van der Waals surface area contributed by atoms with Crippen molar-refractivity contribution in [2.75, 3.05) is 26.2 Å². The minimum absolute atomic E-state index is 0.128. The van der Waals surface area contributed by atoms with E-state index in [1.807, 2.05) is 4.90 Å². The van der Waals surface area contributed by atoms with Gasteiger partial charge in [-0.15, -0.1) is 10.2 Å². The van der Waals surface area contributed by atoms with Gasteiger partial charge in [-0.2, -0.15) is 0 Å². The number of carbonyl (C=O) groups excluding carboxylic acids is 2. The lowest BCUT2D eigenvalue weighted by Crippen LogP contribution is -2.37. The molecule has 0 saturated carbocycles. The molecule has 2 aromatic rings. The first-order chi connectivity index (χ1) is 13.0. The number of carbonyl (C=O) groups is 2. The maximum absolute atomic E-state index is 13.0. The summed E-state index contributed by atoms with van der Waals surface area (Å²) in [6.45, 7) is 3.67. The number of rotatable bonds is 7. The van der Waals surface area contributed by atoms with Crippen LogP contribution < -0.4 is 0 Å². The zero-order valence-corrected chi connectivity index (χ0v) is 15.2. The number of hydrogen-bond donors (Lipinski definition) is 0. The molecule has 0 bridgehead atoms. The van der Waals surface area contributed by atoms with Crippen LogP contribution >= 0.6 is 0 Å². The van der Waals surface area contributed by atoms with E-state index in [1.54, 1.807) is 19.1 Å². The number of halogens is 1. The normalized spacial score (nSPS) is 15.6. The Bertz CT molecular complexity index is 783. The fourth-order valence-electron chi connectivity index (χ4n) is 3.13. The summed E-state index contributed by atoms with van der Waals surface area (Å²) in [5.41, 5.74) is 0.678. The third-order valence-corrected chi connectivity index (χ3v) is 4.52. The largest absolute Gasteiger partial charge is 0.466 e. The van der Waals surface area contributed by atoms with E-state index < -0.39 is 5.97 Å². The SMILES string of the molecule is CCOC(=O)CC(=O)CN1CCC(c2nnc(-c3ccc(F)cc3)o2)CC1. The first-order valence-electron chi connectivity index (χ1n) is 9.04. The van der Waals surface area contributed by atoms with Crippen LogP contribution in [0.5, 0.6) is 0 Å². The van der Waals surface area contributed by atoms with Gasteiger partial charge in [-0.25, -0.2) is 4.39 Å². The summed E-state index contributed by atoms with van der Waals surface area (Å²) in [6.07, 6.45) is 1.40. The molecule has 1 saturated heterocycles. The third kappa shape index (κ3) is 5.19. The van der Waals surface area contributed by atoms with Crippen molar-refractivity contribution in [2.45, 2.75) is 32.1 Å². The quantitative estimate of drug-likeness (QED) is 0.543. The van der Waals surface area contributed by atoms with Crippen molar-refractivity contribution in [3.05, 3.63) is 36.0 Å². The molecule has 0 spiro atoms. The fourth-order valence-corrected chi connectivity index (χ4v) is 3.13. The number of esters is 1. The minimum Gasteiger partial charge on any atom is -0.466 e. The number of Topliss-reactive ketones (excluding diaryl/α,β-unsaturated/α-hetero) is 1. The monoisotopic (exact) mass is 375 g/mol. The zero-order chi connectivity index (χ0) is 19.2. The molecule has 0 N–H and O–H groups in total. The van der Waals surface area contributed by atoms with Crippen molar-refractivity contribution in [3.63, 3.8) is 0 Å². The number of benzene rings is 1. The molecule has 1 aromatic heterocycles. The number of aromatic nitrogens is 2. The fraction of sp³-hybridized carbons (Fsp3) is 0.474. The summed E-state index contributed by atoms with van der Waals surface area (Å²) in [5.74, 6) is 0.134. The maximum Gasteiger partial charge on any atom is 0.313 e. The smallest absolute Gasteiger partial charge is 0.313 e. The van der Waals surface area contributed by atoms with Gasteiger partial charge in [-0.3, -0.25) is 14.5 Å². The topological polar surface area (TPSA) is 85.5 Å². The molecule has 1 aromatic carbocycles. The summed E-state index contributed by atoms with van der Waals surface area (Å²) < 4.78 is 23.6. The average Bonchev–Trinajstić information content (AvgIpc) is 3.13. The van der Waals surface area contributed by atoms with Crippen LogP contribution in [0.25, 0.3) is 11.5 Å². The minimum atomic E-state index is -0.475. The lowest BCUT2D eigenvalue weighted by Gasteiger charge is -2.29. The third-order valence-electron chi connectivity index (χ3n) is 4.52. The Morgan fingerprint density at radius 2 is 1.93 bits per heavy atom. The van der Waals surface area contributed by atoms with Gasteiger partial charge in [0.25, 0.3) is 0 Å². The highest BCUT2D eigenvalue weighted by atomic mass is 19.1. The molecule has 0 amide bonds. The van der Waals surface area contributed by atoms with Gasteiger partial charge in [0.2, 0.25) is 11.8 Å². The molecule has 2 heterocycles. The van der Waals surface area contributed by atoms with E-state index in [2.05, 4.69) is 10.2 Å². The molecule has 27 heavy (non-hydrogen) atoms. The summed E-state index contributed by atoms with van der Waals surface area (Å²) in [5, 5.41) is 8.18. The van der Waals surface area contributed by atoms with Gasteiger partial charge < -0.3 is 9.15 Å². The second-order valence-corrected chi connectivity index (χ2v) is 6.52. The molecule has 1 aliphatic heterocycles. The molecule has 144 valence electrons. The van der Waals surface area contributed by atoms with Crippen LogP contribution in [0.2, 0.25) is 0 Å². The van der Waals surface area contributed by atoms with Gasteiger partial charge in [0.1, 0.15) is 12.2 Å². The molecule has 0 aliphatic carbocycles. The van der Waals surface area contributed by atoms with E-state index in [0.29, 0.717) is 30.4 Å². The Labute approximate surface area is 156 Å². The number of hydrogen-bond acceptors (Lipinski definition) is 7. The van der Waals surface area contributed by atoms with E-state index in [1.165, 1.54) is 12.1 Å². The number of ether oxygens (including phenoxy) is 1. The Kier molecular flexibility index (Phi) is 6.28. The molecule has 8 heteroatoms. The van der Waals surface area contributed by atoms with Crippen LogP contribution in [-0.4, -0.2) is 53.1 Å². The highest BCUT2D eigenvalue weighted by molar-refractivity contribution is 5.96. The van der Waals surface area contributed by atoms with E-state index in [0.717, 1.165) is 12.8 Å². The molecule has 7 nitrogen and oxygen atoms in total. The highest BCUT2D eigenvalue weighted by Gasteiger charge is 2.26. The summed E-state index contributed by atoms with van der Waals surface area (Å²) >= 11 is 0. The van der Waals surface area contributed by atoms with Gasteiger partial charge in [-0.1, -0.05) is 0 Å². The Morgan fingerprint density at radius 3 is 2.59 bits per heavy atom. The van der Waals surface area contributed by atoms with E-state index in [-0.39, 0.29) is 37.1 Å². The van der Waals surface area contributed by atoms with Crippen molar-refractivity contribution in [1.29, 1.82) is 0 Å². The van der Waals surface area contributed by atoms with Crippen LogP contribution in [0.3, 0.4) is 0 Å². The number of nitrogens with zero attached hydrogens (tertiary/aromatic N) is 3. The summed E-state index contributed by atoms with van der Waals surface area (Å²) in [6, 6.07) is 5.91.